The van der Waals surface area contributed by atoms with E-state index < -0.39 is 0 Å². The third kappa shape index (κ3) is 3.19. The zero-order chi connectivity index (χ0) is 23.2. The third-order valence-electron chi connectivity index (χ3n) is 6.47. The van der Waals surface area contributed by atoms with Gasteiger partial charge in [-0.15, -0.1) is 0 Å². The van der Waals surface area contributed by atoms with Crippen molar-refractivity contribution in [1.82, 2.24) is 15.2 Å². The fourth-order valence-electron chi connectivity index (χ4n) is 4.93. The molecule has 0 amide bonds. The van der Waals surface area contributed by atoms with Gasteiger partial charge in [-0.25, -0.2) is 4.98 Å². The summed E-state index contributed by atoms with van der Waals surface area (Å²) in [6, 6.07) is 37.3. The van der Waals surface area contributed by atoms with E-state index in [1.54, 1.807) is 6.20 Å². The van der Waals surface area contributed by atoms with E-state index in [0.29, 0.717) is 5.89 Å². The topological polar surface area (TPSA) is 51.8 Å². The summed E-state index contributed by atoms with van der Waals surface area (Å²) < 4.78 is 5.98. The van der Waals surface area contributed by atoms with E-state index in [4.69, 9.17) is 4.42 Å². The molecule has 164 valence electrons. The number of oxazole rings is 1. The molecule has 7 aromatic rings. The second-order valence-corrected chi connectivity index (χ2v) is 8.51. The number of hydrogen-bond donors (Lipinski definition) is 0. The van der Waals surface area contributed by atoms with Gasteiger partial charge in [0, 0.05) is 17.3 Å². The first kappa shape index (κ1) is 19.6. The van der Waals surface area contributed by atoms with Crippen LogP contribution in [0.5, 0.6) is 0 Å². The van der Waals surface area contributed by atoms with Crippen LogP contribution in [-0.4, -0.2) is 15.2 Å². The maximum absolute atomic E-state index is 5.98. The molecule has 5 aromatic carbocycles. The minimum atomic E-state index is 0.630. The van der Waals surface area contributed by atoms with E-state index in [9.17, 15) is 0 Å². The lowest BCUT2D eigenvalue weighted by atomic mass is 9.87. The standard InChI is InChI=1S/C31H19N3O/c1-3-10-24-22(8-1)29(23-9-2-4-11-25(23)30(24)27-13-7-19-32-34-27)20-15-17-21(18-16-20)31-33-26-12-5-6-14-28(26)35-31/h1-19H. The molecule has 0 atom stereocenters. The van der Waals surface area contributed by atoms with Crippen molar-refractivity contribution in [3.05, 3.63) is 115 Å². The van der Waals surface area contributed by atoms with Crippen molar-refractivity contribution >= 4 is 32.6 Å². The zero-order valence-electron chi connectivity index (χ0n) is 18.7. The zero-order valence-corrected chi connectivity index (χ0v) is 18.7. The number of fused-ring (bicyclic) bond motifs is 3. The van der Waals surface area contributed by atoms with Crippen LogP contribution in [0.1, 0.15) is 0 Å². The number of hydrogen-bond acceptors (Lipinski definition) is 4. The highest BCUT2D eigenvalue weighted by atomic mass is 16.3. The molecule has 0 saturated carbocycles. The van der Waals surface area contributed by atoms with Crippen LogP contribution in [0.2, 0.25) is 0 Å². The monoisotopic (exact) mass is 449 g/mol. The molecular weight excluding hydrogens is 430 g/mol. The van der Waals surface area contributed by atoms with Gasteiger partial charge in [0.15, 0.2) is 5.58 Å². The van der Waals surface area contributed by atoms with Gasteiger partial charge in [0.2, 0.25) is 5.89 Å². The fraction of sp³-hybridized carbons (Fsp3) is 0. The highest BCUT2D eigenvalue weighted by Gasteiger charge is 2.17. The van der Waals surface area contributed by atoms with E-state index in [1.165, 1.54) is 16.3 Å². The lowest BCUT2D eigenvalue weighted by molar-refractivity contribution is 0.620. The SMILES string of the molecule is c1cnnc(-c2c3ccccc3c(-c3ccc(-c4nc5ccccc5o4)cc3)c3ccccc23)c1. The Morgan fingerprint density at radius 2 is 1.11 bits per heavy atom. The molecular formula is C31H19N3O. The summed E-state index contributed by atoms with van der Waals surface area (Å²) in [5.41, 5.74) is 6.94. The van der Waals surface area contributed by atoms with E-state index in [-0.39, 0.29) is 0 Å². The van der Waals surface area contributed by atoms with E-state index in [1.807, 2.05) is 36.4 Å². The average molecular weight is 450 g/mol. The predicted octanol–water partition coefficient (Wildman–Crippen LogP) is 7.93. The minimum absolute atomic E-state index is 0.630. The highest BCUT2D eigenvalue weighted by molar-refractivity contribution is 6.21. The summed E-state index contributed by atoms with van der Waals surface area (Å²) in [7, 11) is 0. The molecule has 0 fully saturated rings. The highest BCUT2D eigenvalue weighted by Crippen LogP contribution is 2.43. The Morgan fingerprint density at radius 1 is 0.514 bits per heavy atom. The fourth-order valence-corrected chi connectivity index (χ4v) is 4.93. The van der Waals surface area contributed by atoms with Crippen molar-refractivity contribution in [3.63, 3.8) is 0 Å². The summed E-state index contributed by atoms with van der Waals surface area (Å²) in [5, 5.41) is 13.3. The Balaban J connectivity index is 1.46. The van der Waals surface area contributed by atoms with Gasteiger partial charge in [-0.05, 0) is 69.1 Å². The Morgan fingerprint density at radius 3 is 1.74 bits per heavy atom. The van der Waals surface area contributed by atoms with Crippen LogP contribution < -0.4 is 0 Å². The molecule has 4 nitrogen and oxygen atoms in total. The summed E-state index contributed by atoms with van der Waals surface area (Å²) in [5.74, 6) is 0.630. The molecule has 2 aromatic heterocycles. The molecule has 0 bridgehead atoms. The Bertz CT molecular complexity index is 1750. The molecule has 0 saturated heterocycles. The molecule has 0 unspecified atom stereocenters. The smallest absolute Gasteiger partial charge is 0.227 e. The molecule has 0 aliphatic heterocycles. The lowest BCUT2D eigenvalue weighted by Gasteiger charge is -2.17. The lowest BCUT2D eigenvalue weighted by Crippen LogP contribution is -1.93. The molecule has 0 aliphatic rings. The van der Waals surface area contributed by atoms with Crippen LogP contribution in [0.15, 0.2) is 120 Å². The molecule has 0 spiro atoms. The van der Waals surface area contributed by atoms with Crippen molar-refractivity contribution in [2.45, 2.75) is 0 Å². The Labute approximate surface area is 201 Å². The van der Waals surface area contributed by atoms with Crippen molar-refractivity contribution in [3.8, 4) is 33.8 Å². The summed E-state index contributed by atoms with van der Waals surface area (Å²) >= 11 is 0. The van der Waals surface area contributed by atoms with Gasteiger partial charge in [-0.1, -0.05) is 72.8 Å². The van der Waals surface area contributed by atoms with Crippen LogP contribution in [-0.2, 0) is 0 Å². The Kier molecular flexibility index (Phi) is 4.42. The molecule has 4 heteroatoms. The van der Waals surface area contributed by atoms with Crippen LogP contribution in [0, 0.1) is 0 Å². The average Bonchev–Trinajstić information content (AvgIpc) is 3.37. The maximum Gasteiger partial charge on any atom is 0.227 e. The van der Waals surface area contributed by atoms with Crippen molar-refractivity contribution in [2.24, 2.45) is 0 Å². The normalized spacial score (nSPS) is 11.4. The first-order valence-corrected chi connectivity index (χ1v) is 11.5. The largest absolute Gasteiger partial charge is 0.436 e. The molecule has 2 heterocycles. The minimum Gasteiger partial charge on any atom is -0.436 e. The summed E-state index contributed by atoms with van der Waals surface area (Å²) in [6.45, 7) is 0. The first-order chi connectivity index (χ1) is 17.4. The number of para-hydroxylation sites is 2. The van der Waals surface area contributed by atoms with Crippen LogP contribution >= 0.6 is 0 Å². The second kappa shape index (κ2) is 7.89. The van der Waals surface area contributed by atoms with E-state index >= 15 is 0 Å². The number of benzene rings is 5. The molecule has 0 aliphatic carbocycles. The number of aromatic nitrogens is 3. The third-order valence-corrected chi connectivity index (χ3v) is 6.47. The van der Waals surface area contributed by atoms with Crippen LogP contribution in [0.3, 0.4) is 0 Å². The maximum atomic E-state index is 5.98. The molecule has 0 N–H and O–H groups in total. The quantitative estimate of drug-likeness (QED) is 0.257. The second-order valence-electron chi connectivity index (χ2n) is 8.51. The van der Waals surface area contributed by atoms with Gasteiger partial charge >= 0.3 is 0 Å². The van der Waals surface area contributed by atoms with Gasteiger partial charge in [0.05, 0.1) is 5.69 Å². The van der Waals surface area contributed by atoms with Crippen LogP contribution in [0.25, 0.3) is 66.5 Å². The van der Waals surface area contributed by atoms with Gasteiger partial charge in [0.1, 0.15) is 5.52 Å². The first-order valence-electron chi connectivity index (χ1n) is 11.5. The molecule has 0 radical (unpaired) electrons. The van der Waals surface area contributed by atoms with Gasteiger partial charge in [-0.3, -0.25) is 0 Å². The van der Waals surface area contributed by atoms with Crippen molar-refractivity contribution in [1.29, 1.82) is 0 Å². The van der Waals surface area contributed by atoms with E-state index in [2.05, 4.69) is 88.0 Å². The molecule has 7 rings (SSSR count). The van der Waals surface area contributed by atoms with Gasteiger partial charge in [0.25, 0.3) is 0 Å². The van der Waals surface area contributed by atoms with E-state index in [0.717, 1.165) is 44.3 Å². The Hall–Kier alpha value is -4.83. The summed E-state index contributed by atoms with van der Waals surface area (Å²) in [6.07, 6.45) is 1.71. The van der Waals surface area contributed by atoms with Crippen molar-refractivity contribution in [2.75, 3.05) is 0 Å². The van der Waals surface area contributed by atoms with Gasteiger partial charge in [-0.2, -0.15) is 10.2 Å². The summed E-state index contributed by atoms with van der Waals surface area (Å²) in [4.78, 5) is 4.65. The van der Waals surface area contributed by atoms with Crippen molar-refractivity contribution < 1.29 is 4.42 Å². The van der Waals surface area contributed by atoms with Crippen LogP contribution in [0.4, 0.5) is 0 Å². The number of nitrogens with zero attached hydrogens (tertiary/aromatic N) is 3. The molecule has 35 heavy (non-hydrogen) atoms. The predicted molar refractivity (Wildman–Crippen MR) is 141 cm³/mol. The number of rotatable bonds is 3. The van der Waals surface area contributed by atoms with Gasteiger partial charge < -0.3 is 4.42 Å².